The molecule has 2 rings (SSSR count). The molecule has 1 fully saturated rings. The fourth-order valence-corrected chi connectivity index (χ4v) is 2.99. The third kappa shape index (κ3) is 3.44. The van der Waals surface area contributed by atoms with Crippen molar-refractivity contribution in [3.63, 3.8) is 0 Å². The molecule has 7 heteroatoms. The van der Waals surface area contributed by atoms with Gasteiger partial charge in [0.1, 0.15) is 0 Å². The average molecular weight is 257 g/mol. The maximum Gasteiger partial charge on any atom is 0.304 e. The highest BCUT2D eigenvalue weighted by Gasteiger charge is 2.26. The number of aryl methyl sites for hydroxylation is 1. The predicted molar refractivity (Wildman–Crippen MR) is 62.8 cm³/mol. The minimum absolute atomic E-state index is 0.0541. The third-order valence-corrected chi connectivity index (χ3v) is 3.76. The Hall–Kier alpha value is -1.08. The van der Waals surface area contributed by atoms with E-state index >= 15 is 0 Å². The Morgan fingerprint density at radius 3 is 3.12 bits per heavy atom. The van der Waals surface area contributed by atoms with Crippen molar-refractivity contribution in [2.45, 2.75) is 25.9 Å². The molecule has 6 nitrogen and oxygen atoms in total. The zero-order valence-corrected chi connectivity index (χ0v) is 10.4. The van der Waals surface area contributed by atoms with E-state index in [0.717, 1.165) is 18.1 Å². The van der Waals surface area contributed by atoms with Crippen LogP contribution >= 0.6 is 11.8 Å². The first-order valence-corrected chi connectivity index (χ1v) is 6.63. The van der Waals surface area contributed by atoms with Crippen LogP contribution in [0.2, 0.25) is 0 Å². The maximum absolute atomic E-state index is 10.8. The summed E-state index contributed by atoms with van der Waals surface area (Å²) < 4.78 is 5.32. The summed E-state index contributed by atoms with van der Waals surface area (Å²) in [6, 6.07) is 0.0541. The Morgan fingerprint density at radius 1 is 1.65 bits per heavy atom. The summed E-state index contributed by atoms with van der Waals surface area (Å²) in [4.78, 5) is 12.9. The minimum Gasteiger partial charge on any atom is -0.481 e. The lowest BCUT2D eigenvalue weighted by molar-refractivity contribution is -0.138. The lowest BCUT2D eigenvalue weighted by Gasteiger charge is -2.33. The summed E-state index contributed by atoms with van der Waals surface area (Å²) in [6.45, 7) is 3.15. The van der Waals surface area contributed by atoms with E-state index in [1.165, 1.54) is 0 Å². The van der Waals surface area contributed by atoms with Crippen LogP contribution in [0.5, 0.6) is 0 Å². The van der Waals surface area contributed by atoms with Gasteiger partial charge in [-0.1, -0.05) is 0 Å². The van der Waals surface area contributed by atoms with E-state index < -0.39 is 5.97 Å². The lowest BCUT2D eigenvalue weighted by atomic mass is 10.2. The molecule has 1 aliphatic rings. The molecule has 1 N–H and O–H groups in total. The smallest absolute Gasteiger partial charge is 0.304 e. The number of aliphatic carboxylic acids is 1. The second kappa shape index (κ2) is 5.50. The fraction of sp³-hybridized carbons (Fsp3) is 0.700. The lowest BCUT2D eigenvalue weighted by Crippen LogP contribution is -2.43. The molecule has 0 spiro atoms. The molecule has 1 aliphatic heterocycles. The van der Waals surface area contributed by atoms with Gasteiger partial charge in [-0.15, -0.1) is 10.2 Å². The molecule has 0 aromatic carbocycles. The highest BCUT2D eigenvalue weighted by Crippen LogP contribution is 2.20. The van der Waals surface area contributed by atoms with Gasteiger partial charge in [0, 0.05) is 31.0 Å². The summed E-state index contributed by atoms with van der Waals surface area (Å²) in [5.41, 5.74) is 0. The van der Waals surface area contributed by atoms with Crippen molar-refractivity contribution >= 4 is 17.7 Å². The van der Waals surface area contributed by atoms with Crippen molar-refractivity contribution in [3.05, 3.63) is 11.8 Å². The molecule has 2 heterocycles. The van der Waals surface area contributed by atoms with E-state index in [0.29, 0.717) is 18.3 Å². The molecule has 94 valence electrons. The summed E-state index contributed by atoms with van der Waals surface area (Å²) in [7, 11) is 0. The molecule has 0 bridgehead atoms. The molecular formula is C10H15N3O3S. The quantitative estimate of drug-likeness (QED) is 0.853. The first kappa shape index (κ1) is 12.4. The van der Waals surface area contributed by atoms with Gasteiger partial charge in [0.15, 0.2) is 0 Å². The molecule has 0 amide bonds. The van der Waals surface area contributed by atoms with Crippen molar-refractivity contribution in [2.24, 2.45) is 0 Å². The molecule has 0 aliphatic carbocycles. The maximum atomic E-state index is 10.8. The Kier molecular flexibility index (Phi) is 4.01. The molecule has 0 saturated carbocycles. The van der Waals surface area contributed by atoms with Gasteiger partial charge < -0.3 is 9.52 Å². The second-order valence-electron chi connectivity index (χ2n) is 4.01. The minimum atomic E-state index is -0.760. The van der Waals surface area contributed by atoms with Gasteiger partial charge in [0.25, 0.3) is 0 Å². The predicted octanol–water partition coefficient (Wildman–Crippen LogP) is 0.770. The number of carbonyl (C=O) groups is 1. The first-order chi connectivity index (χ1) is 8.15. The van der Waals surface area contributed by atoms with E-state index in [1.807, 2.05) is 0 Å². The third-order valence-electron chi connectivity index (χ3n) is 2.67. The number of hydrogen-bond donors (Lipinski definition) is 1. The standard InChI is InChI=1S/C10H15N3O3S/c1-7-11-12-9(16-7)5-13-2-3-17-6-8(13)4-10(14)15/h8H,2-6H2,1H3,(H,14,15). The summed E-state index contributed by atoms with van der Waals surface area (Å²) in [5.74, 6) is 2.21. The van der Waals surface area contributed by atoms with Gasteiger partial charge in [-0.05, 0) is 0 Å². The molecule has 0 radical (unpaired) electrons. The SMILES string of the molecule is Cc1nnc(CN2CCSCC2CC(=O)O)o1. The van der Waals surface area contributed by atoms with Gasteiger partial charge >= 0.3 is 5.97 Å². The van der Waals surface area contributed by atoms with Crippen LogP contribution in [0.15, 0.2) is 4.42 Å². The van der Waals surface area contributed by atoms with Crippen molar-refractivity contribution < 1.29 is 14.3 Å². The number of carboxylic acid groups (broad SMARTS) is 1. The Balaban J connectivity index is 1.98. The van der Waals surface area contributed by atoms with Crippen LogP contribution in [0.3, 0.4) is 0 Å². The van der Waals surface area contributed by atoms with Crippen molar-refractivity contribution in [2.75, 3.05) is 18.1 Å². The van der Waals surface area contributed by atoms with Crippen LogP contribution in [-0.2, 0) is 11.3 Å². The van der Waals surface area contributed by atoms with Crippen LogP contribution in [0.1, 0.15) is 18.2 Å². The molecule has 1 aromatic heterocycles. The summed E-state index contributed by atoms with van der Waals surface area (Å²) >= 11 is 1.79. The molecule has 17 heavy (non-hydrogen) atoms. The molecule has 1 saturated heterocycles. The van der Waals surface area contributed by atoms with E-state index in [1.54, 1.807) is 18.7 Å². The molecule has 1 atom stereocenters. The topological polar surface area (TPSA) is 79.5 Å². The first-order valence-electron chi connectivity index (χ1n) is 5.47. The largest absolute Gasteiger partial charge is 0.481 e. The summed E-state index contributed by atoms with van der Waals surface area (Å²) in [5, 5.41) is 16.6. The number of hydrogen-bond acceptors (Lipinski definition) is 6. The number of thioether (sulfide) groups is 1. The Bertz CT molecular complexity index is 396. The van der Waals surface area contributed by atoms with Crippen LogP contribution < -0.4 is 0 Å². The van der Waals surface area contributed by atoms with E-state index in [2.05, 4.69) is 15.1 Å². The number of carboxylic acids is 1. The monoisotopic (exact) mass is 257 g/mol. The Labute approximate surface area is 103 Å². The van der Waals surface area contributed by atoms with E-state index in [-0.39, 0.29) is 12.5 Å². The normalized spacial score (nSPS) is 21.6. The van der Waals surface area contributed by atoms with Gasteiger partial charge in [0.2, 0.25) is 11.8 Å². The highest BCUT2D eigenvalue weighted by molar-refractivity contribution is 7.99. The zero-order chi connectivity index (χ0) is 12.3. The Morgan fingerprint density at radius 2 is 2.47 bits per heavy atom. The van der Waals surface area contributed by atoms with Crippen molar-refractivity contribution in [1.29, 1.82) is 0 Å². The van der Waals surface area contributed by atoms with Gasteiger partial charge in [0.05, 0.1) is 13.0 Å². The van der Waals surface area contributed by atoms with Gasteiger partial charge in [-0.2, -0.15) is 11.8 Å². The average Bonchev–Trinajstić information content (AvgIpc) is 2.66. The second-order valence-corrected chi connectivity index (χ2v) is 5.16. The van der Waals surface area contributed by atoms with Crippen molar-refractivity contribution in [3.8, 4) is 0 Å². The van der Waals surface area contributed by atoms with Crippen molar-refractivity contribution in [1.82, 2.24) is 15.1 Å². The van der Waals surface area contributed by atoms with Crippen LogP contribution in [0, 0.1) is 6.92 Å². The highest BCUT2D eigenvalue weighted by atomic mass is 32.2. The molecular weight excluding hydrogens is 242 g/mol. The zero-order valence-electron chi connectivity index (χ0n) is 9.63. The van der Waals surface area contributed by atoms with Gasteiger partial charge in [-0.25, -0.2) is 0 Å². The van der Waals surface area contributed by atoms with Crippen LogP contribution in [-0.4, -0.2) is 50.3 Å². The molecule has 1 aromatic rings. The fourth-order valence-electron chi connectivity index (χ4n) is 1.86. The van der Waals surface area contributed by atoms with Gasteiger partial charge in [-0.3, -0.25) is 9.69 Å². The van der Waals surface area contributed by atoms with Crippen LogP contribution in [0.25, 0.3) is 0 Å². The molecule has 1 unspecified atom stereocenters. The van der Waals surface area contributed by atoms with E-state index in [9.17, 15) is 4.79 Å². The van der Waals surface area contributed by atoms with Crippen LogP contribution in [0.4, 0.5) is 0 Å². The number of aromatic nitrogens is 2. The number of nitrogens with zero attached hydrogens (tertiary/aromatic N) is 3. The van der Waals surface area contributed by atoms with E-state index in [4.69, 9.17) is 9.52 Å². The number of rotatable bonds is 4. The summed E-state index contributed by atoms with van der Waals surface area (Å²) in [6.07, 6.45) is 0.167.